The van der Waals surface area contributed by atoms with Crippen molar-refractivity contribution < 1.29 is 14.3 Å². The molecule has 1 N–H and O–H groups in total. The molecule has 0 spiro atoms. The monoisotopic (exact) mass is 391 g/mol. The predicted molar refractivity (Wildman–Crippen MR) is 111 cm³/mol. The highest BCUT2D eigenvalue weighted by Crippen LogP contribution is 2.21. The van der Waals surface area contributed by atoms with Gasteiger partial charge in [-0.25, -0.2) is 0 Å². The molecule has 0 fully saturated rings. The van der Waals surface area contributed by atoms with Crippen LogP contribution in [0.2, 0.25) is 0 Å². The quantitative estimate of drug-likeness (QED) is 0.589. The van der Waals surface area contributed by atoms with Crippen LogP contribution < -0.4 is 14.8 Å². The van der Waals surface area contributed by atoms with Gasteiger partial charge in [-0.05, 0) is 43.0 Å². The molecule has 0 bridgehead atoms. The van der Waals surface area contributed by atoms with Gasteiger partial charge in [0.15, 0.2) is 0 Å². The van der Waals surface area contributed by atoms with E-state index in [9.17, 15) is 4.79 Å². The zero-order valence-electron chi connectivity index (χ0n) is 16.7. The standard InChI is InChI=1S/C23H25N3O3/c1-17(24-18(2)27)8-9-19-10-12-21(13-11-19)29-23-15-14-22(25-26-23)28-16-20-6-4-3-5-7-20/h3-7,10-15,17H,8-9,16H2,1-2H3,(H,24,27). The van der Waals surface area contributed by atoms with Crippen LogP contribution in [0.25, 0.3) is 0 Å². The topological polar surface area (TPSA) is 73.3 Å². The summed E-state index contributed by atoms with van der Waals surface area (Å²) in [5.41, 5.74) is 2.26. The number of rotatable bonds is 9. The minimum Gasteiger partial charge on any atom is -0.472 e. The van der Waals surface area contributed by atoms with E-state index in [0.29, 0.717) is 24.1 Å². The van der Waals surface area contributed by atoms with Gasteiger partial charge in [-0.3, -0.25) is 4.79 Å². The molecular formula is C23H25N3O3. The number of aromatic nitrogens is 2. The molecule has 0 saturated heterocycles. The van der Waals surface area contributed by atoms with Crippen molar-refractivity contribution in [3.05, 3.63) is 77.9 Å². The number of amides is 1. The summed E-state index contributed by atoms with van der Waals surface area (Å²) < 4.78 is 11.4. The van der Waals surface area contributed by atoms with Crippen LogP contribution in [0.1, 0.15) is 31.4 Å². The fourth-order valence-electron chi connectivity index (χ4n) is 2.82. The van der Waals surface area contributed by atoms with Gasteiger partial charge in [0.2, 0.25) is 17.7 Å². The average Bonchev–Trinajstić information content (AvgIpc) is 2.73. The molecular weight excluding hydrogens is 366 g/mol. The van der Waals surface area contributed by atoms with Gasteiger partial charge >= 0.3 is 0 Å². The summed E-state index contributed by atoms with van der Waals surface area (Å²) in [6, 6.07) is 21.4. The van der Waals surface area contributed by atoms with E-state index >= 15 is 0 Å². The van der Waals surface area contributed by atoms with Crippen LogP contribution in [0.15, 0.2) is 66.7 Å². The fraction of sp³-hybridized carbons (Fsp3) is 0.261. The van der Waals surface area contributed by atoms with Crippen LogP contribution in [0.5, 0.6) is 17.5 Å². The highest BCUT2D eigenvalue weighted by Gasteiger charge is 2.05. The molecule has 6 nitrogen and oxygen atoms in total. The number of nitrogens with one attached hydrogen (secondary N) is 1. The number of hydrogen-bond acceptors (Lipinski definition) is 5. The normalized spacial score (nSPS) is 11.5. The number of carbonyl (C=O) groups is 1. The van der Waals surface area contributed by atoms with Crippen molar-refractivity contribution in [3.8, 4) is 17.5 Å². The minimum absolute atomic E-state index is 0.00107. The van der Waals surface area contributed by atoms with Gasteiger partial charge in [0.05, 0.1) is 0 Å². The first-order chi connectivity index (χ1) is 14.1. The second-order valence-corrected chi connectivity index (χ2v) is 6.87. The minimum atomic E-state index is -0.00107. The molecule has 1 amide bonds. The number of benzene rings is 2. The Hall–Kier alpha value is -3.41. The van der Waals surface area contributed by atoms with E-state index in [2.05, 4.69) is 15.5 Å². The van der Waals surface area contributed by atoms with Gasteiger partial charge < -0.3 is 14.8 Å². The fourth-order valence-corrected chi connectivity index (χ4v) is 2.82. The van der Waals surface area contributed by atoms with E-state index in [1.54, 1.807) is 12.1 Å². The summed E-state index contributed by atoms with van der Waals surface area (Å²) in [5.74, 6) is 1.55. The maximum absolute atomic E-state index is 11.1. The van der Waals surface area contributed by atoms with Crippen molar-refractivity contribution in [1.82, 2.24) is 15.5 Å². The first-order valence-electron chi connectivity index (χ1n) is 9.63. The Kier molecular flexibility index (Phi) is 7.16. The Bertz CT molecular complexity index is 897. The Balaban J connectivity index is 1.47. The van der Waals surface area contributed by atoms with Gasteiger partial charge in [-0.1, -0.05) is 42.5 Å². The molecule has 29 heavy (non-hydrogen) atoms. The smallest absolute Gasteiger partial charge is 0.239 e. The van der Waals surface area contributed by atoms with E-state index in [-0.39, 0.29) is 11.9 Å². The van der Waals surface area contributed by atoms with Crippen molar-refractivity contribution in [2.45, 2.75) is 39.3 Å². The Morgan fingerprint density at radius 1 is 0.931 bits per heavy atom. The molecule has 1 heterocycles. The summed E-state index contributed by atoms with van der Waals surface area (Å²) in [5, 5.41) is 11.0. The van der Waals surface area contributed by atoms with E-state index in [0.717, 1.165) is 18.4 Å². The Morgan fingerprint density at radius 3 is 2.28 bits per heavy atom. The number of hydrogen-bond donors (Lipinski definition) is 1. The molecule has 0 aliphatic heterocycles. The lowest BCUT2D eigenvalue weighted by molar-refractivity contribution is -0.119. The summed E-state index contributed by atoms with van der Waals surface area (Å²) in [6.45, 7) is 3.98. The molecule has 1 unspecified atom stereocenters. The van der Waals surface area contributed by atoms with Crippen LogP contribution in [0.4, 0.5) is 0 Å². The molecule has 3 rings (SSSR count). The molecule has 150 valence electrons. The van der Waals surface area contributed by atoms with Gasteiger partial charge in [-0.15, -0.1) is 10.2 Å². The maximum Gasteiger partial charge on any atom is 0.239 e. The Labute approximate surface area is 170 Å². The third-order valence-electron chi connectivity index (χ3n) is 4.31. The van der Waals surface area contributed by atoms with Gasteiger partial charge in [0, 0.05) is 25.1 Å². The van der Waals surface area contributed by atoms with E-state index in [4.69, 9.17) is 9.47 Å². The average molecular weight is 391 g/mol. The third kappa shape index (κ3) is 6.92. The van der Waals surface area contributed by atoms with Crippen molar-refractivity contribution in [2.24, 2.45) is 0 Å². The zero-order chi connectivity index (χ0) is 20.5. The summed E-state index contributed by atoms with van der Waals surface area (Å²) in [7, 11) is 0. The highest BCUT2D eigenvalue weighted by atomic mass is 16.5. The lowest BCUT2D eigenvalue weighted by Gasteiger charge is -2.12. The van der Waals surface area contributed by atoms with Crippen molar-refractivity contribution in [3.63, 3.8) is 0 Å². The van der Waals surface area contributed by atoms with Crippen molar-refractivity contribution in [2.75, 3.05) is 0 Å². The zero-order valence-corrected chi connectivity index (χ0v) is 16.7. The summed E-state index contributed by atoms with van der Waals surface area (Å²) >= 11 is 0. The molecule has 6 heteroatoms. The van der Waals surface area contributed by atoms with Crippen LogP contribution >= 0.6 is 0 Å². The maximum atomic E-state index is 11.1. The first kappa shape index (κ1) is 20.3. The van der Waals surface area contributed by atoms with Crippen molar-refractivity contribution >= 4 is 5.91 Å². The van der Waals surface area contributed by atoms with E-state index in [1.807, 2.05) is 61.5 Å². The van der Waals surface area contributed by atoms with Crippen LogP contribution in [-0.4, -0.2) is 22.1 Å². The molecule has 1 atom stereocenters. The first-order valence-corrected chi connectivity index (χ1v) is 9.63. The molecule has 3 aromatic rings. The SMILES string of the molecule is CC(=O)NC(C)CCc1ccc(Oc2ccc(OCc3ccccc3)nn2)cc1. The van der Waals surface area contributed by atoms with Gasteiger partial charge in [0.25, 0.3) is 0 Å². The summed E-state index contributed by atoms with van der Waals surface area (Å²) in [4.78, 5) is 11.1. The molecule has 0 aliphatic rings. The number of carbonyl (C=O) groups excluding carboxylic acids is 1. The number of ether oxygens (including phenoxy) is 2. The third-order valence-corrected chi connectivity index (χ3v) is 4.31. The lowest BCUT2D eigenvalue weighted by Crippen LogP contribution is -2.30. The van der Waals surface area contributed by atoms with Crippen molar-refractivity contribution in [1.29, 1.82) is 0 Å². The van der Waals surface area contributed by atoms with Gasteiger partial charge in [0.1, 0.15) is 12.4 Å². The Morgan fingerprint density at radius 2 is 1.62 bits per heavy atom. The molecule has 0 saturated carbocycles. The molecule has 2 aromatic carbocycles. The number of nitrogens with zero attached hydrogens (tertiary/aromatic N) is 2. The van der Waals surface area contributed by atoms with E-state index < -0.39 is 0 Å². The molecule has 0 radical (unpaired) electrons. The number of aryl methyl sites for hydroxylation is 1. The van der Waals surface area contributed by atoms with Crippen LogP contribution in [0, 0.1) is 0 Å². The largest absolute Gasteiger partial charge is 0.472 e. The van der Waals surface area contributed by atoms with Crippen LogP contribution in [-0.2, 0) is 17.8 Å². The molecule has 1 aromatic heterocycles. The van der Waals surface area contributed by atoms with Crippen LogP contribution in [0.3, 0.4) is 0 Å². The lowest BCUT2D eigenvalue weighted by atomic mass is 10.1. The molecule has 0 aliphatic carbocycles. The summed E-state index contributed by atoms with van der Waals surface area (Å²) in [6.07, 6.45) is 1.77. The predicted octanol–water partition coefficient (Wildman–Crippen LogP) is 4.31. The second kappa shape index (κ2) is 10.2. The van der Waals surface area contributed by atoms with E-state index in [1.165, 1.54) is 12.5 Å². The highest BCUT2D eigenvalue weighted by molar-refractivity contribution is 5.73. The second-order valence-electron chi connectivity index (χ2n) is 6.87. The van der Waals surface area contributed by atoms with Gasteiger partial charge in [-0.2, -0.15) is 0 Å².